The Labute approximate surface area is 121 Å². The number of rotatable bonds is 10. The molecule has 1 atom stereocenters. The Bertz CT molecular complexity index is 320. The van der Waals surface area contributed by atoms with Gasteiger partial charge in [0.15, 0.2) is 0 Å². The second-order valence-corrected chi connectivity index (χ2v) is 7.42. The molecule has 0 bridgehead atoms. The summed E-state index contributed by atoms with van der Waals surface area (Å²) in [6.45, 7) is 7.41. The summed E-state index contributed by atoms with van der Waals surface area (Å²) < 4.78 is 17.3. The molecule has 20 heavy (non-hydrogen) atoms. The van der Waals surface area contributed by atoms with Crippen molar-refractivity contribution < 1.29 is 22.9 Å². The molecule has 1 heterocycles. The van der Waals surface area contributed by atoms with Crippen LogP contribution in [0.1, 0.15) is 40.0 Å². The molecule has 1 saturated heterocycles. The van der Waals surface area contributed by atoms with Crippen molar-refractivity contribution in [1.29, 1.82) is 0 Å². The number of imide groups is 1. The fourth-order valence-electron chi connectivity index (χ4n) is 2.41. The molecule has 1 N–H and O–H groups in total. The van der Waals surface area contributed by atoms with E-state index in [4.69, 9.17) is 13.3 Å². The highest BCUT2D eigenvalue weighted by molar-refractivity contribution is 6.60. The predicted octanol–water partition coefficient (Wildman–Crippen LogP) is 1.48. The van der Waals surface area contributed by atoms with E-state index >= 15 is 0 Å². The van der Waals surface area contributed by atoms with Crippen LogP contribution in [0, 0.1) is 5.92 Å². The van der Waals surface area contributed by atoms with Gasteiger partial charge < -0.3 is 13.3 Å². The Kier molecular flexibility index (Phi) is 7.35. The van der Waals surface area contributed by atoms with Crippen LogP contribution in [0.2, 0.25) is 6.04 Å². The molecule has 2 amide bonds. The Morgan fingerprint density at radius 3 is 2.05 bits per heavy atom. The summed E-state index contributed by atoms with van der Waals surface area (Å²) in [5, 5.41) is 2.33. The van der Waals surface area contributed by atoms with E-state index in [0.29, 0.717) is 38.7 Å². The van der Waals surface area contributed by atoms with E-state index in [2.05, 4.69) is 5.32 Å². The minimum atomic E-state index is -2.62. The molecule has 1 fully saturated rings. The van der Waals surface area contributed by atoms with E-state index in [1.165, 1.54) is 0 Å². The molecule has 0 spiro atoms. The van der Waals surface area contributed by atoms with Crippen LogP contribution in [0.4, 0.5) is 0 Å². The van der Waals surface area contributed by atoms with Crippen molar-refractivity contribution in [3.63, 3.8) is 0 Å². The van der Waals surface area contributed by atoms with Gasteiger partial charge in [-0.3, -0.25) is 14.9 Å². The number of carbonyl (C=O) groups is 2. The molecule has 0 aromatic rings. The number of hydrogen-bond donors (Lipinski definition) is 1. The molecule has 0 saturated carbocycles. The van der Waals surface area contributed by atoms with E-state index in [-0.39, 0.29) is 17.7 Å². The van der Waals surface area contributed by atoms with Crippen LogP contribution in [-0.4, -0.2) is 40.4 Å². The zero-order valence-corrected chi connectivity index (χ0v) is 13.6. The summed E-state index contributed by atoms with van der Waals surface area (Å²) in [5.74, 6) is -0.548. The minimum absolute atomic E-state index is 0.161. The summed E-state index contributed by atoms with van der Waals surface area (Å²) in [5.41, 5.74) is 0. The lowest BCUT2D eigenvalue weighted by atomic mass is 10.0. The quantitative estimate of drug-likeness (QED) is 0.489. The second-order valence-electron chi connectivity index (χ2n) is 4.69. The molecule has 1 aliphatic rings. The van der Waals surface area contributed by atoms with Crippen molar-refractivity contribution in [3.05, 3.63) is 0 Å². The lowest BCUT2D eigenvalue weighted by Crippen LogP contribution is -2.46. The molecule has 6 nitrogen and oxygen atoms in total. The molecule has 0 aliphatic carbocycles. The van der Waals surface area contributed by atoms with Crippen molar-refractivity contribution in [2.75, 3.05) is 19.8 Å². The third kappa shape index (κ3) is 4.97. The largest absolute Gasteiger partial charge is 0.500 e. The van der Waals surface area contributed by atoms with Crippen LogP contribution in [-0.2, 0) is 22.9 Å². The molecule has 0 aromatic carbocycles. The molecule has 116 valence electrons. The highest BCUT2D eigenvalue weighted by atomic mass is 28.4. The summed E-state index contributed by atoms with van der Waals surface area (Å²) in [4.78, 5) is 22.6. The van der Waals surface area contributed by atoms with Gasteiger partial charge in [-0.2, -0.15) is 0 Å². The van der Waals surface area contributed by atoms with Gasteiger partial charge in [-0.15, -0.1) is 0 Å². The Hall–Kier alpha value is -0.763. The van der Waals surface area contributed by atoms with Crippen LogP contribution in [0.5, 0.6) is 0 Å². The molecular formula is C13H25NO5Si. The Morgan fingerprint density at radius 1 is 1.10 bits per heavy atom. The maximum absolute atomic E-state index is 11.5. The first-order chi connectivity index (χ1) is 9.56. The molecule has 1 rings (SSSR count). The van der Waals surface area contributed by atoms with Crippen LogP contribution in [0.25, 0.3) is 0 Å². The maximum Gasteiger partial charge on any atom is 0.500 e. The highest BCUT2D eigenvalue weighted by Crippen LogP contribution is 2.24. The smallest absolute Gasteiger partial charge is 0.374 e. The number of hydrogen-bond acceptors (Lipinski definition) is 5. The summed E-state index contributed by atoms with van der Waals surface area (Å²) in [6.07, 6.45) is 1.72. The fraction of sp³-hybridized carbons (Fsp3) is 0.846. The molecule has 1 unspecified atom stereocenters. The topological polar surface area (TPSA) is 73.9 Å². The van der Waals surface area contributed by atoms with Gasteiger partial charge in [0.2, 0.25) is 11.8 Å². The van der Waals surface area contributed by atoms with Crippen molar-refractivity contribution in [3.8, 4) is 0 Å². The van der Waals surface area contributed by atoms with Gasteiger partial charge in [0.25, 0.3) is 0 Å². The van der Waals surface area contributed by atoms with Gasteiger partial charge >= 0.3 is 8.80 Å². The van der Waals surface area contributed by atoms with Crippen LogP contribution < -0.4 is 5.32 Å². The van der Waals surface area contributed by atoms with Gasteiger partial charge in [-0.25, -0.2) is 0 Å². The maximum atomic E-state index is 11.5. The van der Waals surface area contributed by atoms with E-state index in [9.17, 15) is 9.59 Å². The predicted molar refractivity (Wildman–Crippen MR) is 75.9 cm³/mol. The van der Waals surface area contributed by atoms with Gasteiger partial charge in [-0.1, -0.05) is 0 Å². The second kappa shape index (κ2) is 8.51. The van der Waals surface area contributed by atoms with Gasteiger partial charge in [0.1, 0.15) is 0 Å². The number of amides is 2. The number of nitrogens with one attached hydrogen (secondary N) is 1. The van der Waals surface area contributed by atoms with E-state index in [1.54, 1.807) is 0 Å². The van der Waals surface area contributed by atoms with Gasteiger partial charge in [0.05, 0.1) is 0 Å². The van der Waals surface area contributed by atoms with Crippen molar-refractivity contribution in [2.24, 2.45) is 5.92 Å². The van der Waals surface area contributed by atoms with Crippen molar-refractivity contribution in [1.82, 2.24) is 5.32 Å². The first-order valence-corrected chi connectivity index (χ1v) is 9.25. The Morgan fingerprint density at radius 2 is 1.65 bits per heavy atom. The highest BCUT2D eigenvalue weighted by Gasteiger charge is 2.40. The molecule has 1 aliphatic heterocycles. The third-order valence-electron chi connectivity index (χ3n) is 3.19. The van der Waals surface area contributed by atoms with Gasteiger partial charge in [0, 0.05) is 38.2 Å². The fourth-order valence-corrected chi connectivity index (χ4v) is 5.05. The zero-order chi connectivity index (χ0) is 15.0. The monoisotopic (exact) mass is 303 g/mol. The number of carbonyl (C=O) groups excluding carboxylic acids is 2. The van der Waals surface area contributed by atoms with Crippen molar-refractivity contribution >= 4 is 20.6 Å². The standard InChI is InChI=1S/C13H25NO5Si/c1-4-17-20(18-5-2,19-6-3)9-7-8-11-10-12(15)14-13(11)16/h11H,4-10H2,1-3H3,(H,14,15,16). The van der Waals surface area contributed by atoms with E-state index in [1.807, 2.05) is 20.8 Å². The molecule has 7 heteroatoms. The normalized spacial score (nSPS) is 19.4. The minimum Gasteiger partial charge on any atom is -0.374 e. The van der Waals surface area contributed by atoms with Gasteiger partial charge in [-0.05, 0) is 33.6 Å². The van der Waals surface area contributed by atoms with Crippen molar-refractivity contribution in [2.45, 2.75) is 46.1 Å². The molecular weight excluding hydrogens is 278 g/mol. The van der Waals surface area contributed by atoms with Crippen LogP contribution >= 0.6 is 0 Å². The van der Waals surface area contributed by atoms with E-state index < -0.39 is 8.80 Å². The molecule has 0 radical (unpaired) electrons. The summed E-state index contributed by atoms with van der Waals surface area (Å²) in [6, 6.07) is 0.681. The van der Waals surface area contributed by atoms with Crippen LogP contribution in [0.15, 0.2) is 0 Å². The summed E-state index contributed by atoms with van der Waals surface area (Å²) >= 11 is 0. The SMILES string of the molecule is CCO[Si](CCCC1CC(=O)NC1=O)(OCC)OCC. The average molecular weight is 303 g/mol. The lowest BCUT2D eigenvalue weighted by Gasteiger charge is -2.28. The average Bonchev–Trinajstić information content (AvgIpc) is 2.69. The van der Waals surface area contributed by atoms with E-state index in [0.717, 1.165) is 6.42 Å². The third-order valence-corrected chi connectivity index (χ3v) is 6.34. The van der Waals surface area contributed by atoms with Crippen LogP contribution in [0.3, 0.4) is 0 Å². The Balaban J connectivity index is 2.48. The summed E-state index contributed by atoms with van der Waals surface area (Å²) in [7, 11) is -2.62. The first kappa shape index (κ1) is 17.3. The zero-order valence-electron chi connectivity index (χ0n) is 12.6. The first-order valence-electron chi connectivity index (χ1n) is 7.32. The lowest BCUT2D eigenvalue weighted by molar-refractivity contribution is -0.125. The molecule has 0 aromatic heterocycles.